The lowest BCUT2D eigenvalue weighted by atomic mass is 10.0. The smallest absolute Gasteiger partial charge is 0.247 e. The Morgan fingerprint density at radius 3 is 2.43 bits per heavy atom. The van der Waals surface area contributed by atoms with Gasteiger partial charge in [0.1, 0.15) is 11.8 Å². The number of halogens is 2. The van der Waals surface area contributed by atoms with Crippen molar-refractivity contribution in [1.29, 1.82) is 0 Å². The van der Waals surface area contributed by atoms with Crippen LogP contribution in [0.2, 0.25) is 10.0 Å². The van der Waals surface area contributed by atoms with Gasteiger partial charge in [-0.25, -0.2) is 0 Å². The van der Waals surface area contributed by atoms with E-state index < -0.39 is 6.04 Å². The van der Waals surface area contributed by atoms with Gasteiger partial charge in [0.2, 0.25) is 11.8 Å². The number of benzene rings is 2. The Bertz CT molecular complexity index is 1040. The predicted octanol–water partition coefficient (Wildman–Crippen LogP) is 4.54. The van der Waals surface area contributed by atoms with E-state index >= 15 is 0 Å². The van der Waals surface area contributed by atoms with Gasteiger partial charge in [-0.15, -0.1) is 0 Å². The summed E-state index contributed by atoms with van der Waals surface area (Å²) in [4.78, 5) is 27.2. The second-order valence-corrected chi connectivity index (χ2v) is 7.53. The van der Waals surface area contributed by atoms with Crippen molar-refractivity contribution in [3.05, 3.63) is 76.0 Å². The van der Waals surface area contributed by atoms with Gasteiger partial charge in [0.15, 0.2) is 5.82 Å². The highest BCUT2D eigenvalue weighted by molar-refractivity contribution is 6.42. The largest absolute Gasteiger partial charge is 0.360 e. The molecule has 0 saturated carbocycles. The van der Waals surface area contributed by atoms with Crippen LogP contribution in [0.3, 0.4) is 0 Å². The molecule has 3 aromatic rings. The molecule has 9 heteroatoms. The van der Waals surface area contributed by atoms with Crippen LogP contribution in [0.4, 0.5) is 11.5 Å². The molecule has 1 atom stereocenters. The molecule has 2 aromatic carbocycles. The number of hydrogen-bond donors (Lipinski definition) is 2. The van der Waals surface area contributed by atoms with Crippen molar-refractivity contribution in [2.24, 2.45) is 0 Å². The van der Waals surface area contributed by atoms with Crippen molar-refractivity contribution < 1.29 is 14.1 Å². The number of aromatic nitrogens is 1. The summed E-state index contributed by atoms with van der Waals surface area (Å²) in [6.45, 7) is 1.70. The summed E-state index contributed by atoms with van der Waals surface area (Å²) in [5, 5.41) is 10.0. The average molecular weight is 447 g/mol. The fourth-order valence-corrected chi connectivity index (χ4v) is 3.25. The van der Waals surface area contributed by atoms with Crippen LogP contribution < -0.4 is 10.6 Å². The lowest BCUT2D eigenvalue weighted by Crippen LogP contribution is -2.39. The monoisotopic (exact) mass is 446 g/mol. The lowest BCUT2D eigenvalue weighted by Gasteiger charge is -2.26. The highest BCUT2D eigenvalue weighted by Crippen LogP contribution is 2.25. The van der Waals surface area contributed by atoms with Gasteiger partial charge < -0.3 is 15.2 Å². The Hall–Kier alpha value is -2.87. The Kier molecular flexibility index (Phi) is 7.10. The number of carbonyl (C=O) groups excluding carboxylic acids is 2. The van der Waals surface area contributed by atoms with Gasteiger partial charge in [-0.3, -0.25) is 14.5 Å². The Morgan fingerprint density at radius 2 is 1.80 bits per heavy atom. The molecule has 0 radical (unpaired) electrons. The third kappa shape index (κ3) is 5.60. The van der Waals surface area contributed by atoms with Crippen LogP contribution >= 0.6 is 23.2 Å². The zero-order valence-corrected chi connectivity index (χ0v) is 17.9. The highest BCUT2D eigenvalue weighted by Gasteiger charge is 2.27. The molecule has 0 aliphatic carbocycles. The molecule has 2 amide bonds. The molecule has 30 heavy (non-hydrogen) atoms. The average Bonchev–Trinajstić information content (AvgIpc) is 3.10. The van der Waals surface area contributed by atoms with Crippen molar-refractivity contribution in [3.8, 4) is 0 Å². The molecule has 0 spiro atoms. The second kappa shape index (κ2) is 9.75. The Labute approximate surface area is 183 Å². The molecule has 3 rings (SSSR count). The minimum absolute atomic E-state index is 0.0366. The minimum Gasteiger partial charge on any atom is -0.360 e. The summed E-state index contributed by atoms with van der Waals surface area (Å²) < 4.78 is 5.00. The summed E-state index contributed by atoms with van der Waals surface area (Å²) in [5.74, 6) is 0.254. The quantitative estimate of drug-likeness (QED) is 0.555. The molecule has 1 aromatic heterocycles. The zero-order valence-electron chi connectivity index (χ0n) is 16.4. The summed E-state index contributed by atoms with van der Waals surface area (Å²) in [5.41, 5.74) is 1.25. The van der Waals surface area contributed by atoms with E-state index in [0.717, 1.165) is 5.56 Å². The van der Waals surface area contributed by atoms with E-state index in [1.165, 1.54) is 0 Å². The minimum atomic E-state index is -0.720. The van der Waals surface area contributed by atoms with Crippen LogP contribution in [-0.4, -0.2) is 35.5 Å². The van der Waals surface area contributed by atoms with Crippen LogP contribution in [0.1, 0.15) is 17.4 Å². The summed E-state index contributed by atoms with van der Waals surface area (Å²) in [6.07, 6.45) is 0. The third-order valence-corrected chi connectivity index (χ3v) is 5.02. The number of rotatable bonds is 7. The van der Waals surface area contributed by atoms with E-state index in [1.807, 2.05) is 30.3 Å². The molecular formula is C21H20Cl2N4O3. The van der Waals surface area contributed by atoms with Crippen LogP contribution in [0.5, 0.6) is 0 Å². The summed E-state index contributed by atoms with van der Waals surface area (Å²) in [6, 6.07) is 14.9. The van der Waals surface area contributed by atoms with Gasteiger partial charge in [0.25, 0.3) is 0 Å². The molecule has 0 aliphatic heterocycles. The standard InChI is InChI=1S/C21H20Cl2N4O3/c1-13-10-18(26-30-13)25-21(29)20(14-6-4-3-5-7-14)27(2)12-19(28)24-15-8-9-16(22)17(23)11-15/h3-11,20H,12H2,1-2H3,(H,24,28)(H,25,26,29). The predicted molar refractivity (Wildman–Crippen MR) is 117 cm³/mol. The number of hydrogen-bond acceptors (Lipinski definition) is 5. The summed E-state index contributed by atoms with van der Waals surface area (Å²) >= 11 is 11.9. The van der Waals surface area contributed by atoms with Crippen molar-refractivity contribution >= 4 is 46.5 Å². The highest BCUT2D eigenvalue weighted by atomic mass is 35.5. The number of carbonyl (C=O) groups is 2. The van der Waals surface area contributed by atoms with E-state index in [4.69, 9.17) is 27.7 Å². The van der Waals surface area contributed by atoms with Gasteiger partial charge in [0, 0.05) is 11.8 Å². The number of likely N-dealkylation sites (N-methyl/N-ethyl adjacent to an activating group) is 1. The number of amides is 2. The summed E-state index contributed by atoms with van der Waals surface area (Å²) in [7, 11) is 1.69. The van der Waals surface area contributed by atoms with Crippen LogP contribution in [0.15, 0.2) is 59.1 Å². The maximum Gasteiger partial charge on any atom is 0.247 e. The molecule has 1 unspecified atom stereocenters. The van der Waals surface area contributed by atoms with Crippen LogP contribution in [0, 0.1) is 6.92 Å². The molecule has 0 saturated heterocycles. The van der Waals surface area contributed by atoms with Crippen LogP contribution in [-0.2, 0) is 9.59 Å². The molecule has 156 valence electrons. The Morgan fingerprint density at radius 1 is 1.07 bits per heavy atom. The first kappa shape index (κ1) is 21.8. The Balaban J connectivity index is 1.74. The SMILES string of the molecule is Cc1cc(NC(=O)C(c2ccccc2)N(C)CC(=O)Nc2ccc(Cl)c(Cl)c2)no1. The maximum atomic E-state index is 13.0. The first-order valence-corrected chi connectivity index (χ1v) is 9.83. The van der Waals surface area contributed by atoms with Gasteiger partial charge in [-0.05, 0) is 37.7 Å². The maximum absolute atomic E-state index is 13.0. The van der Waals surface area contributed by atoms with E-state index in [9.17, 15) is 9.59 Å². The molecule has 0 fully saturated rings. The van der Waals surface area contributed by atoms with Gasteiger partial charge in [0.05, 0.1) is 16.6 Å². The van der Waals surface area contributed by atoms with Gasteiger partial charge >= 0.3 is 0 Å². The van der Waals surface area contributed by atoms with E-state index in [-0.39, 0.29) is 18.4 Å². The molecular weight excluding hydrogens is 427 g/mol. The fourth-order valence-electron chi connectivity index (χ4n) is 2.95. The van der Waals surface area contributed by atoms with Crippen molar-refractivity contribution in [2.45, 2.75) is 13.0 Å². The topological polar surface area (TPSA) is 87.5 Å². The normalized spacial score (nSPS) is 11.9. The van der Waals surface area contributed by atoms with E-state index in [2.05, 4.69) is 15.8 Å². The van der Waals surface area contributed by atoms with Gasteiger partial charge in [-0.1, -0.05) is 58.7 Å². The molecule has 7 nitrogen and oxygen atoms in total. The number of nitrogens with zero attached hydrogens (tertiary/aromatic N) is 2. The van der Waals surface area contributed by atoms with E-state index in [0.29, 0.717) is 27.3 Å². The molecule has 0 bridgehead atoms. The van der Waals surface area contributed by atoms with Crippen molar-refractivity contribution in [1.82, 2.24) is 10.1 Å². The second-order valence-electron chi connectivity index (χ2n) is 6.72. The van der Waals surface area contributed by atoms with Crippen molar-refractivity contribution in [2.75, 3.05) is 24.2 Å². The van der Waals surface area contributed by atoms with Crippen molar-refractivity contribution in [3.63, 3.8) is 0 Å². The third-order valence-electron chi connectivity index (χ3n) is 4.28. The first-order chi connectivity index (χ1) is 14.3. The number of anilines is 2. The molecule has 1 heterocycles. The fraction of sp³-hybridized carbons (Fsp3) is 0.190. The van der Waals surface area contributed by atoms with Gasteiger partial charge in [-0.2, -0.15) is 0 Å². The lowest BCUT2D eigenvalue weighted by molar-refractivity contribution is -0.123. The molecule has 2 N–H and O–H groups in total. The van der Waals surface area contributed by atoms with E-state index in [1.54, 1.807) is 43.1 Å². The van der Waals surface area contributed by atoms with Crippen LogP contribution in [0.25, 0.3) is 0 Å². The molecule has 0 aliphatic rings. The first-order valence-electron chi connectivity index (χ1n) is 9.08. The number of aryl methyl sites for hydroxylation is 1. The number of nitrogens with one attached hydrogen (secondary N) is 2. The zero-order chi connectivity index (χ0) is 21.7.